The summed E-state index contributed by atoms with van der Waals surface area (Å²) in [4.78, 5) is 0. The Morgan fingerprint density at radius 3 is 2.91 bits per heavy atom. The van der Waals surface area contributed by atoms with E-state index in [0.717, 1.165) is 11.4 Å². The molecular formula is C7H12N2OS. The molecule has 0 fully saturated rings. The molecule has 2 N–H and O–H groups in total. The summed E-state index contributed by atoms with van der Waals surface area (Å²) in [6.45, 7) is 4.29. The van der Waals surface area contributed by atoms with E-state index in [4.69, 9.17) is 10.3 Å². The molecule has 0 spiro atoms. The number of rotatable bonds is 3. The molecule has 0 aromatic carbocycles. The minimum Gasteiger partial charge on any atom is -0.368 e. The number of aromatic nitrogens is 1. The topological polar surface area (TPSA) is 52.0 Å². The lowest BCUT2D eigenvalue weighted by atomic mass is 10.5. The standard InChI is InChI=1S/C7H12N2OS/c1-5(2)11-4-6-3-7(8)10-9-6/h3,5H,4,8H2,1-2H3. The van der Waals surface area contributed by atoms with Crippen LogP contribution in [0, 0.1) is 0 Å². The molecule has 0 saturated heterocycles. The van der Waals surface area contributed by atoms with Crippen molar-refractivity contribution in [3.8, 4) is 0 Å². The average Bonchev–Trinajstić information content (AvgIpc) is 2.31. The molecule has 0 saturated carbocycles. The molecule has 1 heterocycles. The zero-order valence-corrected chi connectivity index (χ0v) is 7.52. The molecule has 0 aliphatic rings. The lowest BCUT2D eigenvalue weighted by Crippen LogP contribution is -1.88. The lowest BCUT2D eigenvalue weighted by Gasteiger charge is -1.99. The van der Waals surface area contributed by atoms with E-state index in [1.54, 1.807) is 6.07 Å². The Morgan fingerprint density at radius 1 is 1.73 bits per heavy atom. The van der Waals surface area contributed by atoms with E-state index in [1.165, 1.54) is 0 Å². The van der Waals surface area contributed by atoms with Crippen molar-refractivity contribution in [2.45, 2.75) is 24.9 Å². The van der Waals surface area contributed by atoms with Gasteiger partial charge in [-0.1, -0.05) is 19.0 Å². The zero-order chi connectivity index (χ0) is 8.27. The number of nitrogens with two attached hydrogens (primary N) is 1. The van der Waals surface area contributed by atoms with E-state index in [9.17, 15) is 0 Å². The fourth-order valence-corrected chi connectivity index (χ4v) is 1.29. The number of thioether (sulfide) groups is 1. The maximum absolute atomic E-state index is 5.35. The quantitative estimate of drug-likeness (QED) is 0.756. The monoisotopic (exact) mass is 172 g/mol. The van der Waals surface area contributed by atoms with Crippen LogP contribution in [0.2, 0.25) is 0 Å². The minimum atomic E-state index is 0.393. The summed E-state index contributed by atoms with van der Waals surface area (Å²) in [6, 6.07) is 1.76. The third-order valence-corrected chi connectivity index (χ3v) is 2.27. The second-order valence-corrected chi connectivity index (χ2v) is 4.15. The predicted molar refractivity (Wildman–Crippen MR) is 47.3 cm³/mol. The van der Waals surface area contributed by atoms with Crippen LogP contribution < -0.4 is 5.73 Å². The first kappa shape index (κ1) is 8.46. The molecule has 1 rings (SSSR count). The Morgan fingerprint density at radius 2 is 2.45 bits per heavy atom. The minimum absolute atomic E-state index is 0.393. The fraction of sp³-hybridized carbons (Fsp3) is 0.571. The van der Waals surface area contributed by atoms with Gasteiger partial charge in [0.25, 0.3) is 0 Å². The molecule has 62 valence electrons. The van der Waals surface area contributed by atoms with Crippen molar-refractivity contribution < 1.29 is 4.52 Å². The van der Waals surface area contributed by atoms with Crippen LogP contribution in [0.5, 0.6) is 0 Å². The summed E-state index contributed by atoms with van der Waals surface area (Å²) in [5, 5.41) is 4.39. The molecule has 0 aliphatic carbocycles. The Kier molecular flexibility index (Phi) is 2.82. The third-order valence-electron chi connectivity index (χ3n) is 1.14. The Balaban J connectivity index is 2.39. The number of nitrogens with zero attached hydrogens (tertiary/aromatic N) is 1. The van der Waals surface area contributed by atoms with Gasteiger partial charge in [-0.3, -0.25) is 0 Å². The zero-order valence-electron chi connectivity index (χ0n) is 6.70. The molecule has 3 nitrogen and oxygen atoms in total. The van der Waals surface area contributed by atoms with E-state index >= 15 is 0 Å². The van der Waals surface area contributed by atoms with Crippen LogP contribution >= 0.6 is 11.8 Å². The highest BCUT2D eigenvalue weighted by atomic mass is 32.2. The Labute approximate surface area is 70.3 Å². The first-order chi connectivity index (χ1) is 5.18. The highest BCUT2D eigenvalue weighted by Crippen LogP contribution is 2.17. The summed E-state index contributed by atoms with van der Waals surface area (Å²) in [7, 11) is 0. The van der Waals surface area contributed by atoms with Crippen molar-refractivity contribution in [2.24, 2.45) is 0 Å². The van der Waals surface area contributed by atoms with Gasteiger partial charge >= 0.3 is 0 Å². The van der Waals surface area contributed by atoms with E-state index in [2.05, 4.69) is 19.0 Å². The molecule has 0 amide bonds. The molecule has 1 aromatic rings. The summed E-state index contributed by atoms with van der Waals surface area (Å²) in [6.07, 6.45) is 0. The van der Waals surface area contributed by atoms with Crippen molar-refractivity contribution >= 4 is 17.6 Å². The van der Waals surface area contributed by atoms with Gasteiger partial charge in [0.05, 0.1) is 5.69 Å². The van der Waals surface area contributed by atoms with E-state index in [1.807, 2.05) is 11.8 Å². The van der Waals surface area contributed by atoms with Crippen molar-refractivity contribution in [1.29, 1.82) is 0 Å². The van der Waals surface area contributed by atoms with Crippen LogP contribution in [0.3, 0.4) is 0 Å². The fourth-order valence-electron chi connectivity index (χ4n) is 0.648. The highest BCUT2D eigenvalue weighted by Gasteiger charge is 2.01. The van der Waals surface area contributed by atoms with Gasteiger partial charge < -0.3 is 10.3 Å². The SMILES string of the molecule is CC(C)SCc1cc(N)on1. The van der Waals surface area contributed by atoms with Crippen LogP contribution in [0.1, 0.15) is 19.5 Å². The van der Waals surface area contributed by atoms with Crippen LogP contribution in [-0.2, 0) is 5.75 Å². The van der Waals surface area contributed by atoms with E-state index in [0.29, 0.717) is 11.1 Å². The average molecular weight is 172 g/mol. The number of anilines is 1. The van der Waals surface area contributed by atoms with Crippen molar-refractivity contribution in [3.05, 3.63) is 11.8 Å². The van der Waals surface area contributed by atoms with Gasteiger partial charge in [0.15, 0.2) is 0 Å². The number of hydrogen-bond donors (Lipinski definition) is 1. The second-order valence-electron chi connectivity index (χ2n) is 2.58. The maximum atomic E-state index is 5.35. The summed E-state index contributed by atoms with van der Waals surface area (Å²) in [5.41, 5.74) is 6.26. The van der Waals surface area contributed by atoms with Gasteiger partial charge in [0.2, 0.25) is 5.88 Å². The van der Waals surface area contributed by atoms with Gasteiger partial charge in [-0.2, -0.15) is 11.8 Å². The van der Waals surface area contributed by atoms with Gasteiger partial charge in [-0.05, 0) is 5.25 Å². The van der Waals surface area contributed by atoms with Gasteiger partial charge in [-0.25, -0.2) is 0 Å². The normalized spacial score (nSPS) is 10.8. The van der Waals surface area contributed by atoms with Gasteiger partial charge in [0.1, 0.15) is 0 Å². The van der Waals surface area contributed by atoms with Crippen molar-refractivity contribution in [2.75, 3.05) is 5.73 Å². The van der Waals surface area contributed by atoms with Crippen molar-refractivity contribution in [1.82, 2.24) is 5.16 Å². The molecule has 1 aromatic heterocycles. The molecule has 11 heavy (non-hydrogen) atoms. The first-order valence-electron chi connectivity index (χ1n) is 3.51. The van der Waals surface area contributed by atoms with Crippen LogP contribution in [-0.4, -0.2) is 10.4 Å². The molecular weight excluding hydrogens is 160 g/mol. The van der Waals surface area contributed by atoms with E-state index in [-0.39, 0.29) is 0 Å². The van der Waals surface area contributed by atoms with Crippen LogP contribution in [0.4, 0.5) is 5.88 Å². The lowest BCUT2D eigenvalue weighted by molar-refractivity contribution is 0.430. The summed E-state index contributed by atoms with van der Waals surface area (Å²) in [5.74, 6) is 1.27. The molecule has 4 heteroatoms. The number of hydrogen-bond acceptors (Lipinski definition) is 4. The van der Waals surface area contributed by atoms with Crippen LogP contribution in [0.15, 0.2) is 10.6 Å². The first-order valence-corrected chi connectivity index (χ1v) is 4.56. The Bertz CT molecular complexity index is 222. The van der Waals surface area contributed by atoms with Crippen LogP contribution in [0.25, 0.3) is 0 Å². The largest absolute Gasteiger partial charge is 0.368 e. The third kappa shape index (κ3) is 2.84. The van der Waals surface area contributed by atoms with E-state index < -0.39 is 0 Å². The highest BCUT2D eigenvalue weighted by molar-refractivity contribution is 7.99. The molecule has 0 bridgehead atoms. The van der Waals surface area contributed by atoms with Crippen molar-refractivity contribution in [3.63, 3.8) is 0 Å². The van der Waals surface area contributed by atoms with Gasteiger partial charge in [-0.15, -0.1) is 0 Å². The molecule has 0 unspecified atom stereocenters. The summed E-state index contributed by atoms with van der Waals surface area (Å²) < 4.78 is 4.71. The smallest absolute Gasteiger partial charge is 0.222 e. The molecule has 0 radical (unpaired) electrons. The number of nitrogen functional groups attached to an aromatic ring is 1. The maximum Gasteiger partial charge on any atom is 0.222 e. The van der Waals surface area contributed by atoms with Gasteiger partial charge in [0, 0.05) is 11.8 Å². The second kappa shape index (κ2) is 3.67. The summed E-state index contributed by atoms with van der Waals surface area (Å²) >= 11 is 1.82. The predicted octanol–water partition coefficient (Wildman–Crippen LogP) is 1.90. The molecule has 0 aliphatic heterocycles. The molecule has 0 atom stereocenters. The Hall–Kier alpha value is -0.640.